The summed E-state index contributed by atoms with van der Waals surface area (Å²) in [5.74, 6) is -0.293. The van der Waals surface area contributed by atoms with Crippen LogP contribution in [0.2, 0.25) is 0 Å². The van der Waals surface area contributed by atoms with Crippen LogP contribution in [-0.2, 0) is 32.2 Å². The molecule has 4 atom stereocenters. The van der Waals surface area contributed by atoms with Crippen LogP contribution in [0.4, 0.5) is 0 Å². The Kier molecular flexibility index (Phi) is 10.9. The van der Waals surface area contributed by atoms with Gasteiger partial charge in [-0.25, -0.2) is 0 Å². The number of nitrogens with zero attached hydrogens (tertiary/aromatic N) is 1. The van der Waals surface area contributed by atoms with Gasteiger partial charge in [-0.05, 0) is 80.1 Å². The number of amides is 1. The van der Waals surface area contributed by atoms with Gasteiger partial charge < -0.3 is 24.6 Å². The molecule has 0 bridgehead atoms. The van der Waals surface area contributed by atoms with Gasteiger partial charge in [0.15, 0.2) is 6.29 Å². The first-order valence-electron chi connectivity index (χ1n) is 17.2. The Balaban J connectivity index is 1.19. The van der Waals surface area contributed by atoms with E-state index in [1.165, 1.54) is 0 Å². The number of carbonyl (C=O) groups excluding carboxylic acids is 2. The molecule has 0 radical (unpaired) electrons. The molecule has 4 unspecified atom stereocenters. The topological polar surface area (TPSA) is 97.3 Å². The van der Waals surface area contributed by atoms with Crippen molar-refractivity contribution in [2.24, 2.45) is 0 Å². The fourth-order valence-electron chi connectivity index (χ4n) is 6.62. The van der Waals surface area contributed by atoms with E-state index in [2.05, 4.69) is 28.4 Å². The largest absolute Gasteiger partial charge is 0.459 e. The zero-order valence-corrected chi connectivity index (χ0v) is 28.5. The van der Waals surface area contributed by atoms with E-state index in [0.29, 0.717) is 25.1 Å². The summed E-state index contributed by atoms with van der Waals surface area (Å²) >= 11 is 0. The van der Waals surface area contributed by atoms with Gasteiger partial charge >= 0.3 is 5.97 Å². The zero-order valence-electron chi connectivity index (χ0n) is 28.5. The van der Waals surface area contributed by atoms with Gasteiger partial charge in [0.2, 0.25) is 0 Å². The van der Waals surface area contributed by atoms with Gasteiger partial charge in [-0.1, -0.05) is 91.0 Å². The van der Waals surface area contributed by atoms with Gasteiger partial charge in [0.25, 0.3) is 5.91 Å². The lowest BCUT2D eigenvalue weighted by molar-refractivity contribution is -0.253. The summed E-state index contributed by atoms with van der Waals surface area (Å²) in [5, 5.41) is 12.6. The zero-order chi connectivity index (χ0) is 34.4. The van der Waals surface area contributed by atoms with Gasteiger partial charge in [-0.2, -0.15) is 0 Å². The van der Waals surface area contributed by atoms with E-state index in [0.717, 1.165) is 52.8 Å². The molecule has 8 heteroatoms. The van der Waals surface area contributed by atoms with Crippen LogP contribution in [0.25, 0.3) is 11.1 Å². The standard InChI is InChI=1S/C41H46N2O6/c1-41(2,3)49-39(46)36-14-9-23-43(36)26-34-24-37(30-17-15-28(27-44)16-18-30)48-40(47-34)32-21-19-29(20-22-32)35-13-8-7-12-33(35)25-42-38(45)31-10-5-4-6-11-31/h4-8,10-13,15-22,34,36-37,40,44H,9,14,23-27H2,1-3H3,(H,42,45). The minimum Gasteiger partial charge on any atom is -0.459 e. The predicted molar refractivity (Wildman–Crippen MR) is 188 cm³/mol. The van der Waals surface area contributed by atoms with Crippen molar-refractivity contribution in [2.75, 3.05) is 13.1 Å². The lowest BCUT2D eigenvalue weighted by Crippen LogP contribution is -2.45. The molecule has 2 aliphatic heterocycles. The third kappa shape index (κ3) is 8.83. The average molecular weight is 663 g/mol. The molecule has 1 amide bonds. The molecule has 6 rings (SSSR count). The molecular formula is C41H46N2O6. The summed E-state index contributed by atoms with van der Waals surface area (Å²) in [6.07, 6.45) is 1.31. The fraction of sp³-hybridized carbons (Fsp3) is 0.366. The van der Waals surface area contributed by atoms with E-state index >= 15 is 0 Å². The van der Waals surface area contributed by atoms with Crippen LogP contribution in [0.5, 0.6) is 0 Å². The molecule has 2 N–H and O–H groups in total. The number of likely N-dealkylation sites (tertiary alicyclic amines) is 1. The molecule has 4 aromatic carbocycles. The maximum Gasteiger partial charge on any atom is 0.323 e. The van der Waals surface area contributed by atoms with Crippen molar-refractivity contribution in [1.82, 2.24) is 10.2 Å². The van der Waals surface area contributed by atoms with E-state index in [4.69, 9.17) is 14.2 Å². The van der Waals surface area contributed by atoms with Gasteiger partial charge in [0.1, 0.15) is 11.6 Å². The third-order valence-corrected chi connectivity index (χ3v) is 9.08. The number of carbonyl (C=O) groups is 2. The molecule has 256 valence electrons. The van der Waals surface area contributed by atoms with E-state index in [9.17, 15) is 14.7 Å². The summed E-state index contributed by atoms with van der Waals surface area (Å²) in [7, 11) is 0. The van der Waals surface area contributed by atoms with Crippen molar-refractivity contribution in [1.29, 1.82) is 0 Å². The van der Waals surface area contributed by atoms with Crippen LogP contribution in [0.15, 0.2) is 103 Å². The monoisotopic (exact) mass is 662 g/mol. The number of hydrogen-bond donors (Lipinski definition) is 2. The van der Waals surface area contributed by atoms with Crippen molar-refractivity contribution >= 4 is 11.9 Å². The Morgan fingerprint density at radius 1 is 0.878 bits per heavy atom. The number of nitrogens with one attached hydrogen (secondary N) is 1. The highest BCUT2D eigenvalue weighted by Crippen LogP contribution is 2.39. The maximum absolute atomic E-state index is 13.1. The second-order valence-corrected chi connectivity index (χ2v) is 13.9. The second kappa shape index (κ2) is 15.5. The fourth-order valence-corrected chi connectivity index (χ4v) is 6.62. The summed E-state index contributed by atoms with van der Waals surface area (Å²) in [6, 6.07) is 33.0. The first-order chi connectivity index (χ1) is 23.7. The normalized spacial score (nSPS) is 21.3. The molecular weight excluding hydrogens is 616 g/mol. The lowest BCUT2D eigenvalue weighted by atomic mass is 9.97. The Morgan fingerprint density at radius 3 is 2.29 bits per heavy atom. The first-order valence-corrected chi connectivity index (χ1v) is 17.2. The number of aliphatic hydroxyl groups is 1. The highest BCUT2D eigenvalue weighted by atomic mass is 16.7. The smallest absolute Gasteiger partial charge is 0.323 e. The van der Waals surface area contributed by atoms with Crippen LogP contribution in [0.1, 0.15) is 85.0 Å². The Hall–Kier alpha value is -4.34. The van der Waals surface area contributed by atoms with Gasteiger partial charge in [0, 0.05) is 30.6 Å². The van der Waals surface area contributed by atoms with Gasteiger partial charge in [0.05, 0.1) is 18.8 Å². The molecule has 49 heavy (non-hydrogen) atoms. The van der Waals surface area contributed by atoms with Crippen molar-refractivity contribution < 1.29 is 28.9 Å². The van der Waals surface area contributed by atoms with Crippen molar-refractivity contribution in [3.63, 3.8) is 0 Å². The quantitative estimate of drug-likeness (QED) is 0.175. The highest BCUT2D eigenvalue weighted by molar-refractivity contribution is 5.94. The van der Waals surface area contributed by atoms with Crippen LogP contribution in [0, 0.1) is 0 Å². The maximum atomic E-state index is 13.1. The molecule has 8 nitrogen and oxygen atoms in total. The van der Waals surface area contributed by atoms with E-state index in [1.54, 1.807) is 12.1 Å². The second-order valence-electron chi connectivity index (χ2n) is 13.9. The van der Waals surface area contributed by atoms with Crippen LogP contribution in [0.3, 0.4) is 0 Å². The number of rotatable bonds is 10. The summed E-state index contributed by atoms with van der Waals surface area (Å²) in [6.45, 7) is 7.49. The molecule has 2 saturated heterocycles. The van der Waals surface area contributed by atoms with Crippen molar-refractivity contribution in [3.8, 4) is 11.1 Å². The minimum absolute atomic E-state index is 0.0178. The van der Waals surface area contributed by atoms with Crippen LogP contribution >= 0.6 is 0 Å². The van der Waals surface area contributed by atoms with E-state index in [-0.39, 0.29) is 36.7 Å². The molecule has 0 spiro atoms. The van der Waals surface area contributed by atoms with Gasteiger partial charge in [-0.15, -0.1) is 0 Å². The molecule has 2 aliphatic rings. The van der Waals surface area contributed by atoms with E-state index < -0.39 is 11.9 Å². The molecule has 0 aliphatic carbocycles. The van der Waals surface area contributed by atoms with E-state index in [1.807, 2.05) is 93.6 Å². The number of ether oxygens (including phenoxy) is 3. The SMILES string of the molecule is CC(C)(C)OC(=O)C1CCCN1CC1CC(c2ccc(CO)cc2)OC(c2ccc(-c3ccccc3CNC(=O)c3ccccc3)cc2)O1. The highest BCUT2D eigenvalue weighted by Gasteiger charge is 2.39. The predicted octanol–water partition coefficient (Wildman–Crippen LogP) is 7.13. The summed E-state index contributed by atoms with van der Waals surface area (Å²) in [5.41, 5.74) is 5.92. The number of aliphatic hydroxyl groups excluding tert-OH is 1. The Labute approximate surface area is 289 Å². The van der Waals surface area contributed by atoms with Crippen LogP contribution in [-0.4, -0.2) is 52.7 Å². The van der Waals surface area contributed by atoms with Crippen molar-refractivity contribution in [3.05, 3.63) is 131 Å². The Bertz CT molecular complexity index is 1700. The lowest BCUT2D eigenvalue weighted by Gasteiger charge is -2.38. The Morgan fingerprint density at radius 2 is 1.57 bits per heavy atom. The number of benzene rings is 4. The minimum atomic E-state index is -0.613. The average Bonchev–Trinajstić information content (AvgIpc) is 3.58. The number of hydrogen-bond acceptors (Lipinski definition) is 7. The number of esters is 1. The third-order valence-electron chi connectivity index (χ3n) is 9.08. The van der Waals surface area contributed by atoms with Crippen LogP contribution < -0.4 is 5.32 Å². The van der Waals surface area contributed by atoms with Gasteiger partial charge in [-0.3, -0.25) is 14.5 Å². The van der Waals surface area contributed by atoms with Crippen molar-refractivity contribution in [2.45, 2.75) is 83.3 Å². The molecule has 0 aromatic heterocycles. The summed E-state index contributed by atoms with van der Waals surface area (Å²) in [4.78, 5) is 28.0. The molecule has 0 saturated carbocycles. The molecule has 2 heterocycles. The molecule has 4 aromatic rings. The first kappa shape index (κ1) is 34.5. The molecule has 2 fully saturated rings. The summed E-state index contributed by atoms with van der Waals surface area (Å²) < 4.78 is 19.0.